The number of amides is 2. The number of nitrogens with one attached hydrogen (secondary N) is 2. The van der Waals surface area contributed by atoms with Crippen LogP contribution in [0.2, 0.25) is 0 Å². The van der Waals surface area contributed by atoms with Gasteiger partial charge >= 0.3 is 12.0 Å². The van der Waals surface area contributed by atoms with E-state index in [2.05, 4.69) is 26.6 Å². The van der Waals surface area contributed by atoms with Crippen molar-refractivity contribution in [3.8, 4) is 0 Å². The van der Waals surface area contributed by atoms with E-state index in [1.54, 1.807) is 6.92 Å². The Morgan fingerprint density at radius 2 is 1.95 bits per heavy atom. The second-order valence-corrected chi connectivity index (χ2v) is 6.11. The van der Waals surface area contributed by atoms with Crippen LogP contribution in [0.3, 0.4) is 0 Å². The quantitative estimate of drug-likeness (QED) is 0.774. The lowest BCUT2D eigenvalue weighted by molar-refractivity contribution is -0.144. The van der Waals surface area contributed by atoms with E-state index in [1.807, 2.05) is 0 Å². The Labute approximate surface area is 130 Å². The second kappa shape index (κ2) is 6.01. The van der Waals surface area contributed by atoms with Crippen LogP contribution in [0.4, 0.5) is 14.9 Å². The first-order valence-corrected chi connectivity index (χ1v) is 7.41. The molecule has 0 heterocycles. The Kier molecular flexibility index (Phi) is 4.51. The zero-order chi connectivity index (χ0) is 15.6. The molecule has 0 aliphatic heterocycles. The molecule has 1 saturated carbocycles. The molecule has 114 valence electrons. The summed E-state index contributed by atoms with van der Waals surface area (Å²) in [6.45, 7) is 1.66. The molecule has 0 aromatic heterocycles. The van der Waals surface area contributed by atoms with E-state index in [1.165, 1.54) is 12.1 Å². The smallest absolute Gasteiger partial charge is 0.329 e. The van der Waals surface area contributed by atoms with E-state index in [0.717, 1.165) is 12.8 Å². The van der Waals surface area contributed by atoms with Gasteiger partial charge < -0.3 is 15.7 Å². The van der Waals surface area contributed by atoms with Gasteiger partial charge in [0.25, 0.3) is 0 Å². The van der Waals surface area contributed by atoms with Crippen LogP contribution >= 0.6 is 15.9 Å². The molecule has 0 atom stereocenters. The number of halogens is 2. The molecule has 1 aliphatic rings. The summed E-state index contributed by atoms with van der Waals surface area (Å²) in [5.41, 5.74) is -0.212. The zero-order valence-corrected chi connectivity index (χ0v) is 13.1. The molecule has 1 aromatic rings. The van der Waals surface area contributed by atoms with E-state index in [0.29, 0.717) is 24.1 Å². The average Bonchev–Trinajstić information content (AvgIpc) is 2.85. The van der Waals surface area contributed by atoms with Gasteiger partial charge in [-0.2, -0.15) is 0 Å². The first kappa shape index (κ1) is 15.8. The van der Waals surface area contributed by atoms with Crippen LogP contribution in [-0.2, 0) is 4.79 Å². The number of carbonyl (C=O) groups is 2. The van der Waals surface area contributed by atoms with Gasteiger partial charge in [-0.3, -0.25) is 0 Å². The largest absolute Gasteiger partial charge is 0.480 e. The normalized spacial score (nSPS) is 16.5. The third-order valence-electron chi connectivity index (χ3n) is 3.73. The van der Waals surface area contributed by atoms with Gasteiger partial charge in [0.15, 0.2) is 0 Å². The molecule has 0 unspecified atom stereocenters. The van der Waals surface area contributed by atoms with Crippen molar-refractivity contribution in [2.24, 2.45) is 0 Å². The summed E-state index contributed by atoms with van der Waals surface area (Å²) >= 11 is 3.05. The number of rotatable bonds is 3. The van der Waals surface area contributed by atoms with Gasteiger partial charge in [-0.1, -0.05) is 12.8 Å². The molecule has 2 amide bonds. The molecular weight excluding hydrogens is 343 g/mol. The maximum Gasteiger partial charge on any atom is 0.329 e. The summed E-state index contributed by atoms with van der Waals surface area (Å²) in [6.07, 6.45) is 2.38. The Morgan fingerprint density at radius 3 is 2.52 bits per heavy atom. The fourth-order valence-corrected chi connectivity index (χ4v) is 2.87. The van der Waals surface area contributed by atoms with E-state index in [4.69, 9.17) is 0 Å². The summed E-state index contributed by atoms with van der Waals surface area (Å²) in [6, 6.07) is 2.15. The maximum absolute atomic E-state index is 13.3. The molecule has 3 N–H and O–H groups in total. The van der Waals surface area contributed by atoms with Crippen molar-refractivity contribution in [1.82, 2.24) is 5.32 Å². The van der Waals surface area contributed by atoms with Gasteiger partial charge in [0.1, 0.15) is 11.4 Å². The number of hydrogen-bond donors (Lipinski definition) is 3. The monoisotopic (exact) mass is 358 g/mol. The van der Waals surface area contributed by atoms with Crippen molar-refractivity contribution in [3.05, 3.63) is 28.0 Å². The molecule has 0 radical (unpaired) electrons. The summed E-state index contributed by atoms with van der Waals surface area (Å²) in [5.74, 6) is -1.44. The molecule has 1 fully saturated rings. The Bertz CT molecular complexity index is 586. The van der Waals surface area contributed by atoms with Crippen LogP contribution in [0.5, 0.6) is 0 Å². The summed E-state index contributed by atoms with van der Waals surface area (Å²) in [4.78, 5) is 23.4. The summed E-state index contributed by atoms with van der Waals surface area (Å²) < 4.78 is 13.6. The predicted octanol–water partition coefficient (Wildman–Crippen LogP) is 3.42. The summed E-state index contributed by atoms with van der Waals surface area (Å²) in [7, 11) is 0. The van der Waals surface area contributed by atoms with Gasteiger partial charge in [0, 0.05) is 5.69 Å². The molecule has 1 aromatic carbocycles. The third-order valence-corrected chi connectivity index (χ3v) is 4.34. The Balaban J connectivity index is 2.12. The number of carbonyl (C=O) groups excluding carboxylic acids is 1. The molecule has 7 heteroatoms. The van der Waals surface area contributed by atoms with Crippen LogP contribution < -0.4 is 10.6 Å². The van der Waals surface area contributed by atoms with Gasteiger partial charge in [-0.25, -0.2) is 14.0 Å². The van der Waals surface area contributed by atoms with Crippen LogP contribution in [0.1, 0.15) is 31.2 Å². The number of anilines is 1. The minimum Gasteiger partial charge on any atom is -0.480 e. The highest BCUT2D eigenvalue weighted by Crippen LogP contribution is 2.30. The average molecular weight is 359 g/mol. The number of hydrogen-bond acceptors (Lipinski definition) is 2. The number of carboxylic acids is 1. The van der Waals surface area contributed by atoms with Gasteiger partial charge in [-0.15, -0.1) is 0 Å². The highest BCUT2D eigenvalue weighted by atomic mass is 79.9. The van der Waals surface area contributed by atoms with Crippen molar-refractivity contribution < 1.29 is 19.1 Å². The third kappa shape index (κ3) is 3.34. The lowest BCUT2D eigenvalue weighted by atomic mass is 9.98. The van der Waals surface area contributed by atoms with Crippen molar-refractivity contribution >= 4 is 33.6 Å². The van der Waals surface area contributed by atoms with Crippen LogP contribution in [0.25, 0.3) is 0 Å². The highest BCUT2D eigenvalue weighted by Gasteiger charge is 2.42. The molecule has 5 nitrogen and oxygen atoms in total. The van der Waals surface area contributed by atoms with Crippen molar-refractivity contribution in [2.75, 3.05) is 5.32 Å². The van der Waals surface area contributed by atoms with Crippen LogP contribution in [0, 0.1) is 12.7 Å². The fraction of sp³-hybridized carbons (Fsp3) is 0.429. The van der Waals surface area contributed by atoms with E-state index >= 15 is 0 Å². The molecular formula is C14H16BrFN2O3. The maximum atomic E-state index is 13.3. The Hall–Kier alpha value is -1.63. The first-order valence-electron chi connectivity index (χ1n) is 6.62. The van der Waals surface area contributed by atoms with Gasteiger partial charge in [0.05, 0.1) is 4.47 Å². The number of carboxylic acid groups (broad SMARTS) is 1. The second-order valence-electron chi connectivity index (χ2n) is 5.25. The minimum absolute atomic E-state index is 0.234. The number of urea groups is 1. The number of aryl methyl sites for hydroxylation is 1. The molecule has 0 saturated heterocycles. The molecule has 21 heavy (non-hydrogen) atoms. The van der Waals surface area contributed by atoms with Gasteiger partial charge in [-0.05, 0) is 53.4 Å². The summed E-state index contributed by atoms with van der Waals surface area (Å²) in [5, 5.41) is 14.4. The first-order chi connectivity index (χ1) is 9.84. The van der Waals surface area contributed by atoms with Crippen LogP contribution in [-0.4, -0.2) is 22.6 Å². The van der Waals surface area contributed by atoms with Crippen molar-refractivity contribution in [1.29, 1.82) is 0 Å². The number of aliphatic carboxylic acids is 1. The van der Waals surface area contributed by atoms with Crippen LogP contribution in [0.15, 0.2) is 16.6 Å². The van der Waals surface area contributed by atoms with E-state index in [9.17, 15) is 19.1 Å². The van der Waals surface area contributed by atoms with E-state index in [-0.39, 0.29) is 4.47 Å². The molecule has 0 spiro atoms. The van der Waals surface area contributed by atoms with Crippen molar-refractivity contribution in [3.63, 3.8) is 0 Å². The number of benzene rings is 1. The van der Waals surface area contributed by atoms with Gasteiger partial charge in [0.2, 0.25) is 0 Å². The topological polar surface area (TPSA) is 78.4 Å². The standard InChI is InChI=1S/C14H16BrFN2O3/c1-8-6-10(16)9(15)7-11(8)17-13(21)18-14(12(19)20)4-2-3-5-14/h6-7H,2-5H2,1H3,(H,19,20)(H2,17,18,21). The molecule has 2 rings (SSSR count). The lowest BCUT2D eigenvalue weighted by Crippen LogP contribution is -2.53. The van der Waals surface area contributed by atoms with E-state index < -0.39 is 23.4 Å². The highest BCUT2D eigenvalue weighted by molar-refractivity contribution is 9.10. The molecule has 0 bridgehead atoms. The minimum atomic E-state index is -1.20. The zero-order valence-electron chi connectivity index (χ0n) is 11.5. The van der Waals surface area contributed by atoms with Crippen molar-refractivity contribution in [2.45, 2.75) is 38.1 Å². The molecule has 1 aliphatic carbocycles. The Morgan fingerprint density at radius 1 is 1.33 bits per heavy atom. The SMILES string of the molecule is Cc1cc(F)c(Br)cc1NC(=O)NC1(C(=O)O)CCCC1. The predicted molar refractivity (Wildman–Crippen MR) is 79.8 cm³/mol. The lowest BCUT2D eigenvalue weighted by Gasteiger charge is -2.25. The fourth-order valence-electron chi connectivity index (χ4n) is 2.52.